The highest BCUT2D eigenvalue weighted by atomic mass is 16.2. The van der Waals surface area contributed by atoms with E-state index in [0.29, 0.717) is 6.42 Å². The summed E-state index contributed by atoms with van der Waals surface area (Å²) < 4.78 is 0. The second-order valence-electron chi connectivity index (χ2n) is 9.23. The Morgan fingerprint density at radius 1 is 0.531 bits per heavy atom. The van der Waals surface area contributed by atoms with Gasteiger partial charge in [0.25, 0.3) is 0 Å². The van der Waals surface area contributed by atoms with E-state index in [2.05, 4.69) is 36.6 Å². The van der Waals surface area contributed by atoms with E-state index in [1.54, 1.807) is 0 Å². The van der Waals surface area contributed by atoms with Crippen molar-refractivity contribution in [2.75, 3.05) is 13.1 Å². The molecule has 0 fully saturated rings. The van der Waals surface area contributed by atoms with Gasteiger partial charge >= 0.3 is 0 Å². The summed E-state index contributed by atoms with van der Waals surface area (Å²) in [5, 5.41) is 5.63. The minimum atomic E-state index is -0.0727. The lowest BCUT2D eigenvalue weighted by Crippen LogP contribution is -2.37. The number of unbranched alkanes of at least 4 members (excludes halogenated alkanes) is 16. The Balaban J connectivity index is 3.33. The first-order chi connectivity index (χ1) is 15.7. The number of carbonyl (C=O) groups is 2. The van der Waals surface area contributed by atoms with Gasteiger partial charge in [-0.05, 0) is 38.5 Å². The highest BCUT2D eigenvalue weighted by Gasteiger charge is 2.05. The molecule has 0 radical (unpaired) electrons. The van der Waals surface area contributed by atoms with E-state index in [1.165, 1.54) is 103 Å². The first-order valence-electron chi connectivity index (χ1n) is 13.9. The summed E-state index contributed by atoms with van der Waals surface area (Å²) in [6.45, 7) is 5.31. The van der Waals surface area contributed by atoms with Gasteiger partial charge in [-0.15, -0.1) is 0 Å². The van der Waals surface area contributed by atoms with Crippen LogP contribution in [0.3, 0.4) is 0 Å². The Kier molecular flexibility index (Phi) is 24.9. The Labute approximate surface area is 199 Å². The van der Waals surface area contributed by atoms with Crippen molar-refractivity contribution in [3.63, 3.8) is 0 Å². The SMILES string of the molecule is CCCCCCCCC=CCCCCCCCC(=O)NCC(=O)NCCCCCCCC. The average molecular weight is 451 g/mol. The van der Waals surface area contributed by atoms with E-state index in [1.807, 2.05) is 0 Å². The van der Waals surface area contributed by atoms with Crippen LogP contribution in [0.25, 0.3) is 0 Å². The number of amides is 2. The third-order valence-corrected chi connectivity index (χ3v) is 5.96. The molecule has 0 aromatic carbocycles. The van der Waals surface area contributed by atoms with Crippen LogP contribution in [-0.2, 0) is 9.59 Å². The molecule has 0 aliphatic rings. The zero-order valence-corrected chi connectivity index (χ0v) is 21.5. The molecule has 0 unspecified atom stereocenters. The normalized spacial score (nSPS) is 11.2. The van der Waals surface area contributed by atoms with Gasteiger partial charge in [-0.3, -0.25) is 9.59 Å². The molecule has 4 nitrogen and oxygen atoms in total. The standard InChI is InChI=1S/C28H54N2O2/c1-3-5-7-9-11-12-13-14-15-16-17-18-19-20-22-24-27(31)30-26-28(32)29-25-23-21-10-8-6-4-2/h14-15H,3-13,16-26H2,1-2H3,(H,29,32)(H,30,31). The van der Waals surface area contributed by atoms with E-state index < -0.39 is 0 Å². The number of hydrogen-bond acceptors (Lipinski definition) is 2. The topological polar surface area (TPSA) is 58.2 Å². The molecule has 32 heavy (non-hydrogen) atoms. The molecule has 0 spiro atoms. The molecule has 0 rings (SSSR count). The van der Waals surface area contributed by atoms with Gasteiger partial charge in [0.15, 0.2) is 0 Å². The summed E-state index contributed by atoms with van der Waals surface area (Å²) in [6.07, 6.45) is 28.8. The third-order valence-electron chi connectivity index (χ3n) is 5.96. The zero-order valence-electron chi connectivity index (χ0n) is 21.5. The third kappa shape index (κ3) is 24.9. The second kappa shape index (κ2) is 25.9. The van der Waals surface area contributed by atoms with Gasteiger partial charge in [-0.2, -0.15) is 0 Å². The molecule has 4 heteroatoms. The van der Waals surface area contributed by atoms with Gasteiger partial charge in [0.1, 0.15) is 0 Å². The van der Waals surface area contributed by atoms with Gasteiger partial charge in [0, 0.05) is 13.0 Å². The molecule has 0 aliphatic heterocycles. The lowest BCUT2D eigenvalue weighted by atomic mass is 10.1. The largest absolute Gasteiger partial charge is 0.355 e. The maximum absolute atomic E-state index is 11.9. The predicted molar refractivity (Wildman–Crippen MR) is 139 cm³/mol. The lowest BCUT2D eigenvalue weighted by molar-refractivity contribution is -0.126. The minimum absolute atomic E-state index is 0.00246. The molecule has 2 N–H and O–H groups in total. The summed E-state index contributed by atoms with van der Waals surface area (Å²) in [7, 11) is 0. The van der Waals surface area contributed by atoms with Crippen molar-refractivity contribution in [3.8, 4) is 0 Å². The summed E-state index contributed by atoms with van der Waals surface area (Å²) in [4.78, 5) is 23.6. The summed E-state index contributed by atoms with van der Waals surface area (Å²) >= 11 is 0. The lowest BCUT2D eigenvalue weighted by Gasteiger charge is -2.07. The fraction of sp³-hybridized carbons (Fsp3) is 0.857. The Morgan fingerprint density at radius 3 is 1.56 bits per heavy atom. The Hall–Kier alpha value is -1.32. The van der Waals surface area contributed by atoms with Gasteiger partial charge in [0.05, 0.1) is 6.54 Å². The summed E-state index contributed by atoms with van der Waals surface area (Å²) in [6, 6.07) is 0. The Bertz CT molecular complexity index is 449. The molecule has 0 saturated heterocycles. The van der Waals surface area contributed by atoms with Gasteiger partial charge in [0.2, 0.25) is 11.8 Å². The van der Waals surface area contributed by atoms with Crippen LogP contribution >= 0.6 is 0 Å². The predicted octanol–water partition coefficient (Wildman–Crippen LogP) is 7.62. The van der Waals surface area contributed by atoms with Crippen molar-refractivity contribution in [2.24, 2.45) is 0 Å². The van der Waals surface area contributed by atoms with Gasteiger partial charge < -0.3 is 10.6 Å². The van der Waals surface area contributed by atoms with Crippen molar-refractivity contribution in [2.45, 2.75) is 142 Å². The maximum atomic E-state index is 11.9. The molecule has 0 aromatic rings. The summed E-state index contributed by atoms with van der Waals surface area (Å²) in [5.74, 6) is -0.0752. The molecule has 0 bridgehead atoms. The maximum Gasteiger partial charge on any atom is 0.239 e. The van der Waals surface area contributed by atoms with Crippen LogP contribution in [0.4, 0.5) is 0 Å². The van der Waals surface area contributed by atoms with Gasteiger partial charge in [-0.25, -0.2) is 0 Å². The Morgan fingerprint density at radius 2 is 1.00 bits per heavy atom. The molecule has 0 heterocycles. The highest BCUT2D eigenvalue weighted by molar-refractivity contribution is 5.84. The average Bonchev–Trinajstić information content (AvgIpc) is 2.79. The molecule has 0 aliphatic carbocycles. The molecular weight excluding hydrogens is 396 g/mol. The molecule has 188 valence electrons. The van der Waals surface area contributed by atoms with Crippen LogP contribution in [0.2, 0.25) is 0 Å². The van der Waals surface area contributed by atoms with E-state index in [9.17, 15) is 9.59 Å². The van der Waals surface area contributed by atoms with Crippen LogP contribution in [0.5, 0.6) is 0 Å². The molecule has 2 amide bonds. The smallest absolute Gasteiger partial charge is 0.239 e. The van der Waals surface area contributed by atoms with Crippen molar-refractivity contribution in [3.05, 3.63) is 12.2 Å². The number of hydrogen-bond donors (Lipinski definition) is 2. The van der Waals surface area contributed by atoms with Crippen LogP contribution < -0.4 is 10.6 Å². The van der Waals surface area contributed by atoms with E-state index in [4.69, 9.17) is 0 Å². The molecule has 0 aromatic heterocycles. The van der Waals surface area contributed by atoms with E-state index in [0.717, 1.165) is 25.8 Å². The molecule has 0 atom stereocenters. The van der Waals surface area contributed by atoms with Gasteiger partial charge in [-0.1, -0.05) is 109 Å². The van der Waals surface area contributed by atoms with Crippen molar-refractivity contribution < 1.29 is 9.59 Å². The zero-order chi connectivity index (χ0) is 23.5. The highest BCUT2D eigenvalue weighted by Crippen LogP contribution is 2.10. The van der Waals surface area contributed by atoms with Crippen LogP contribution in [0, 0.1) is 0 Å². The molecule has 0 saturated carbocycles. The monoisotopic (exact) mass is 450 g/mol. The van der Waals surface area contributed by atoms with Crippen LogP contribution in [0.1, 0.15) is 142 Å². The van der Waals surface area contributed by atoms with Crippen LogP contribution in [0.15, 0.2) is 12.2 Å². The number of carbonyl (C=O) groups excluding carboxylic acids is 2. The summed E-state index contributed by atoms with van der Waals surface area (Å²) in [5.41, 5.74) is 0. The minimum Gasteiger partial charge on any atom is -0.355 e. The van der Waals surface area contributed by atoms with Crippen molar-refractivity contribution in [1.29, 1.82) is 0 Å². The first kappa shape index (κ1) is 30.7. The second-order valence-corrected chi connectivity index (χ2v) is 9.23. The van der Waals surface area contributed by atoms with E-state index in [-0.39, 0.29) is 18.4 Å². The first-order valence-corrected chi connectivity index (χ1v) is 13.9. The number of allylic oxidation sites excluding steroid dienone is 2. The fourth-order valence-corrected chi connectivity index (χ4v) is 3.82. The number of rotatable bonds is 24. The van der Waals surface area contributed by atoms with Crippen LogP contribution in [-0.4, -0.2) is 24.9 Å². The molecular formula is C28H54N2O2. The quantitative estimate of drug-likeness (QED) is 0.117. The van der Waals surface area contributed by atoms with E-state index >= 15 is 0 Å². The number of nitrogens with one attached hydrogen (secondary N) is 2. The van der Waals surface area contributed by atoms with Crippen molar-refractivity contribution in [1.82, 2.24) is 10.6 Å². The van der Waals surface area contributed by atoms with Crippen molar-refractivity contribution >= 4 is 11.8 Å². The fourth-order valence-electron chi connectivity index (χ4n) is 3.82.